The van der Waals surface area contributed by atoms with Crippen molar-refractivity contribution in [3.05, 3.63) is 0 Å². The predicted octanol–water partition coefficient (Wildman–Crippen LogP) is 0.609. The fraction of sp³-hybridized carbons (Fsp3) is 1.00. The van der Waals surface area contributed by atoms with Gasteiger partial charge in [0.15, 0.2) is 0 Å². The highest BCUT2D eigenvalue weighted by molar-refractivity contribution is 7.59. The van der Waals surface area contributed by atoms with Crippen LogP contribution in [0.15, 0.2) is 0 Å². The Balaban J connectivity index is -0.000000114. The molecular weight excluding hydrogens is 185 g/mol. The first-order valence-electron chi connectivity index (χ1n) is 3.27. The zero-order valence-electron chi connectivity index (χ0n) is 6.71. The van der Waals surface area contributed by atoms with Crippen molar-refractivity contribution in [1.82, 2.24) is 0 Å². The largest absolute Gasteiger partial charge is 0.330 e. The highest BCUT2D eigenvalue weighted by atomic mass is 32.1. The van der Waals surface area contributed by atoms with Gasteiger partial charge in [-0.25, -0.2) is 0 Å². The van der Waals surface area contributed by atoms with Gasteiger partial charge in [-0.3, -0.25) is 4.57 Å². The third-order valence-corrected chi connectivity index (χ3v) is 0.808. The minimum atomic E-state index is -3.13. The molecule has 0 atom stereocenters. The Morgan fingerprint density at radius 1 is 1.36 bits per heavy atom. The molecule has 0 aliphatic rings. The average Bonchev–Trinajstić information content (AvgIpc) is 1.82. The Kier molecular flexibility index (Phi) is 26.8. The highest BCUT2D eigenvalue weighted by Crippen LogP contribution is 1.98. The fourth-order valence-corrected chi connectivity index (χ4v) is 0.394. The molecule has 0 saturated heterocycles. The first kappa shape index (κ1) is 17.5. The number of hydrogen-bond acceptors (Lipinski definition) is 2. The summed E-state index contributed by atoms with van der Waals surface area (Å²) in [5, 5.41) is 0. The van der Waals surface area contributed by atoms with E-state index in [0.717, 1.165) is 6.54 Å². The average molecular weight is 203 g/mol. The second kappa shape index (κ2) is 16.8. The Morgan fingerprint density at radius 2 is 1.73 bits per heavy atom. The Morgan fingerprint density at radius 3 is 1.82 bits per heavy atom. The van der Waals surface area contributed by atoms with Crippen LogP contribution in [0.4, 0.5) is 0 Å². The van der Waals surface area contributed by atoms with Gasteiger partial charge in [0.05, 0.1) is 0 Å². The van der Waals surface area contributed by atoms with Crippen LogP contribution in [0.5, 0.6) is 0 Å². The van der Waals surface area contributed by atoms with Gasteiger partial charge in [-0.15, -0.1) is 0 Å². The Bertz CT molecular complexity index is 76.1. The summed E-state index contributed by atoms with van der Waals surface area (Å²) in [6.07, 6.45) is 3.75. The van der Waals surface area contributed by atoms with E-state index in [-0.39, 0.29) is 13.5 Å². The molecule has 0 bridgehead atoms. The molecule has 0 aromatic heterocycles. The van der Waals surface area contributed by atoms with Gasteiger partial charge in [-0.05, 0) is 13.0 Å². The minimum Gasteiger partial charge on any atom is -0.330 e. The summed E-state index contributed by atoms with van der Waals surface area (Å²) >= 11 is 0. The van der Waals surface area contributed by atoms with E-state index in [1.807, 2.05) is 0 Å². The van der Waals surface area contributed by atoms with Crippen molar-refractivity contribution in [3.8, 4) is 0 Å². The summed E-state index contributed by atoms with van der Waals surface area (Å²) in [7, 11) is -3.13. The molecule has 0 aliphatic carbocycles. The molecule has 4 N–H and O–H groups in total. The van der Waals surface area contributed by atoms with Crippen molar-refractivity contribution < 1.29 is 14.4 Å². The van der Waals surface area contributed by atoms with Gasteiger partial charge in [-0.2, -0.15) is 13.5 Å². The van der Waals surface area contributed by atoms with Crippen LogP contribution in [0.25, 0.3) is 0 Å². The van der Waals surface area contributed by atoms with Crippen LogP contribution in [0.1, 0.15) is 26.2 Å². The van der Waals surface area contributed by atoms with Gasteiger partial charge in [0, 0.05) is 0 Å². The lowest BCUT2D eigenvalue weighted by atomic mass is 10.3. The molecule has 11 heavy (non-hydrogen) atoms. The molecule has 0 rings (SSSR count). The Labute approximate surface area is 75.2 Å². The smallest absolute Gasteiger partial charge is 0.314 e. The van der Waals surface area contributed by atoms with E-state index in [1.54, 1.807) is 0 Å². The molecule has 6 heteroatoms. The lowest BCUT2D eigenvalue weighted by molar-refractivity contribution is 0.405. The van der Waals surface area contributed by atoms with Gasteiger partial charge in [0.2, 0.25) is 0 Å². The van der Waals surface area contributed by atoms with Gasteiger partial charge in [0.1, 0.15) is 0 Å². The fourth-order valence-electron chi connectivity index (χ4n) is 0.394. The second-order valence-corrected chi connectivity index (χ2v) is 2.34. The summed E-state index contributed by atoms with van der Waals surface area (Å²) < 4.78 is 8.74. The van der Waals surface area contributed by atoms with Crippen LogP contribution in [-0.2, 0) is 4.57 Å². The molecular formula is C5H18NO3PS. The molecule has 0 heterocycles. The maximum Gasteiger partial charge on any atom is 0.314 e. The maximum absolute atomic E-state index is 8.74. The highest BCUT2D eigenvalue weighted by Gasteiger charge is 1.75. The molecule has 0 unspecified atom stereocenters. The van der Waals surface area contributed by atoms with Gasteiger partial charge < -0.3 is 15.5 Å². The molecule has 0 aromatic carbocycles. The van der Waals surface area contributed by atoms with Crippen molar-refractivity contribution in [2.24, 2.45) is 5.73 Å². The van der Waals surface area contributed by atoms with E-state index in [0.29, 0.717) is 0 Å². The van der Waals surface area contributed by atoms with Crippen molar-refractivity contribution in [3.63, 3.8) is 0 Å². The molecule has 0 aromatic rings. The van der Waals surface area contributed by atoms with Crippen molar-refractivity contribution >= 4 is 21.8 Å². The summed E-state index contributed by atoms with van der Waals surface area (Å²) in [5.41, 5.74) is 5.21. The quantitative estimate of drug-likeness (QED) is 0.463. The van der Waals surface area contributed by atoms with Crippen LogP contribution in [0.2, 0.25) is 0 Å². The van der Waals surface area contributed by atoms with E-state index < -0.39 is 8.25 Å². The Hall–Kier alpha value is 0.460. The van der Waals surface area contributed by atoms with Crippen LogP contribution >= 0.6 is 21.8 Å². The monoisotopic (exact) mass is 203 g/mol. The summed E-state index contributed by atoms with van der Waals surface area (Å²) in [5.74, 6) is 0. The molecule has 0 amide bonds. The molecule has 0 fully saturated rings. The van der Waals surface area contributed by atoms with Crippen molar-refractivity contribution in [2.75, 3.05) is 6.54 Å². The summed E-state index contributed by atoms with van der Waals surface area (Å²) in [6.45, 7) is 3.03. The zero-order valence-corrected chi connectivity index (χ0v) is 8.71. The van der Waals surface area contributed by atoms with Crippen molar-refractivity contribution in [1.29, 1.82) is 0 Å². The molecule has 0 saturated carbocycles. The topological polar surface area (TPSA) is 83.6 Å². The van der Waals surface area contributed by atoms with Crippen LogP contribution in [0.3, 0.4) is 0 Å². The molecule has 0 radical (unpaired) electrons. The van der Waals surface area contributed by atoms with Crippen LogP contribution in [0, 0.1) is 0 Å². The van der Waals surface area contributed by atoms with Gasteiger partial charge >= 0.3 is 8.25 Å². The van der Waals surface area contributed by atoms with E-state index in [1.165, 1.54) is 19.3 Å². The van der Waals surface area contributed by atoms with E-state index in [2.05, 4.69) is 6.92 Å². The summed E-state index contributed by atoms with van der Waals surface area (Å²) in [4.78, 5) is 14.3. The zero-order chi connectivity index (χ0) is 8.41. The lowest BCUT2D eigenvalue weighted by Gasteiger charge is -1.86. The molecule has 4 nitrogen and oxygen atoms in total. The van der Waals surface area contributed by atoms with E-state index in [4.69, 9.17) is 20.1 Å². The standard InChI is InChI=1S/C5H13N.H3O3P.H2S/c1-2-3-4-5-6;1-4(2)3;/h2-6H2,1H3;4H,(H2,1,2,3);1H2. The number of rotatable bonds is 3. The number of unbranched alkanes of at least 4 members (excludes halogenated alkanes) is 2. The van der Waals surface area contributed by atoms with Crippen LogP contribution < -0.4 is 5.73 Å². The number of nitrogens with two attached hydrogens (primary N) is 1. The molecule has 0 aliphatic heterocycles. The summed E-state index contributed by atoms with van der Waals surface area (Å²) in [6, 6.07) is 0. The first-order chi connectivity index (χ1) is 4.65. The molecule has 0 spiro atoms. The van der Waals surface area contributed by atoms with E-state index in [9.17, 15) is 0 Å². The van der Waals surface area contributed by atoms with Gasteiger partial charge in [0.25, 0.3) is 0 Å². The van der Waals surface area contributed by atoms with Crippen molar-refractivity contribution in [2.45, 2.75) is 26.2 Å². The maximum atomic E-state index is 8.74. The first-order valence-corrected chi connectivity index (χ1v) is 4.57. The minimum absolute atomic E-state index is 0. The lowest BCUT2D eigenvalue weighted by Crippen LogP contribution is -1.96. The molecule has 72 valence electrons. The third kappa shape index (κ3) is 62.5. The second-order valence-electron chi connectivity index (χ2n) is 1.78. The SMILES string of the molecule is CCCCCN.O=[PH](O)O.S. The third-order valence-electron chi connectivity index (χ3n) is 0.808. The van der Waals surface area contributed by atoms with E-state index >= 15 is 0 Å². The normalized spacial score (nSPS) is 8.09. The number of hydrogen-bond donors (Lipinski definition) is 3. The van der Waals surface area contributed by atoms with Crippen LogP contribution in [-0.4, -0.2) is 16.3 Å². The predicted molar refractivity (Wildman–Crippen MR) is 52.4 cm³/mol. The van der Waals surface area contributed by atoms with Gasteiger partial charge in [-0.1, -0.05) is 19.8 Å².